The van der Waals surface area contributed by atoms with Crippen LogP contribution in [0.25, 0.3) is 0 Å². The van der Waals surface area contributed by atoms with Crippen molar-refractivity contribution in [1.29, 1.82) is 0 Å². The van der Waals surface area contributed by atoms with Gasteiger partial charge in [-0.2, -0.15) is 0 Å². The third kappa shape index (κ3) is 22.5. The van der Waals surface area contributed by atoms with E-state index in [9.17, 15) is 0 Å². The minimum atomic E-state index is 1.07. The topological polar surface area (TPSA) is 0 Å². The molecule has 0 atom stereocenters. The molecule has 0 aliphatic rings. The molecule has 2 heteroatoms. The summed E-state index contributed by atoms with van der Waals surface area (Å²) < 4.78 is 2.14. The van der Waals surface area contributed by atoms with Crippen LogP contribution < -0.4 is 0 Å². The first kappa shape index (κ1) is 14.4. The van der Waals surface area contributed by atoms with Gasteiger partial charge < -0.3 is 8.97 Å². The average molecular weight is 176 g/mol. The van der Waals surface area contributed by atoms with Crippen molar-refractivity contribution >= 4 is 0 Å². The Kier molecular flexibility index (Phi) is 6.68. The third-order valence-electron chi connectivity index (χ3n) is 1.90. The molecule has 12 heavy (non-hydrogen) atoms. The predicted molar refractivity (Wildman–Crippen MR) is 57.1 cm³/mol. The van der Waals surface area contributed by atoms with E-state index in [1.165, 1.54) is 13.1 Å². The largest absolute Gasteiger partial charge is 0.331 e. The fourth-order valence-electron chi connectivity index (χ4n) is 0. The van der Waals surface area contributed by atoms with Crippen molar-refractivity contribution in [3.8, 4) is 0 Å². The predicted octanol–water partition coefficient (Wildman–Crippen LogP) is 1.42. The van der Waals surface area contributed by atoms with Gasteiger partial charge in [0, 0.05) is 0 Å². The SMILES string of the molecule is CC[N+](C)(C)C.CC[N+](C)(C)C. The molecule has 0 rings (SSSR count). The summed E-state index contributed by atoms with van der Waals surface area (Å²) in [5.74, 6) is 0. The molecule has 0 aliphatic heterocycles. The van der Waals surface area contributed by atoms with E-state index < -0.39 is 0 Å². The highest BCUT2D eigenvalue weighted by atomic mass is 15.3. The van der Waals surface area contributed by atoms with E-state index in [0.29, 0.717) is 0 Å². The van der Waals surface area contributed by atoms with Gasteiger partial charge in [-0.1, -0.05) is 0 Å². The lowest BCUT2D eigenvalue weighted by atomic mass is 10.6. The van der Waals surface area contributed by atoms with Crippen molar-refractivity contribution in [1.82, 2.24) is 0 Å². The van der Waals surface area contributed by atoms with Gasteiger partial charge in [0.15, 0.2) is 0 Å². The highest BCUT2D eigenvalue weighted by molar-refractivity contribution is 4.07. The molecule has 0 N–H and O–H groups in total. The Hall–Kier alpha value is -0.0800. The van der Waals surface area contributed by atoms with Crippen molar-refractivity contribution in [2.45, 2.75) is 13.8 Å². The van der Waals surface area contributed by atoms with Crippen molar-refractivity contribution in [3.63, 3.8) is 0 Å². The average Bonchev–Trinajstić information content (AvgIpc) is 1.86. The molecule has 0 saturated heterocycles. The van der Waals surface area contributed by atoms with Crippen LogP contribution >= 0.6 is 0 Å². The van der Waals surface area contributed by atoms with Gasteiger partial charge >= 0.3 is 0 Å². The van der Waals surface area contributed by atoms with E-state index in [0.717, 1.165) is 8.97 Å². The summed E-state index contributed by atoms with van der Waals surface area (Å²) in [6, 6.07) is 0. The molecule has 0 heterocycles. The minimum Gasteiger partial charge on any atom is -0.331 e. The van der Waals surface area contributed by atoms with Crippen LogP contribution in [0.1, 0.15) is 13.8 Å². The summed E-state index contributed by atoms with van der Waals surface area (Å²) in [5, 5.41) is 0. The smallest absolute Gasteiger partial charge is 0.0751 e. The number of quaternary nitrogens is 2. The van der Waals surface area contributed by atoms with Crippen LogP contribution in [0.15, 0.2) is 0 Å². The Morgan fingerprint density at radius 2 is 0.667 bits per heavy atom. The van der Waals surface area contributed by atoms with Crippen LogP contribution in [0.4, 0.5) is 0 Å². The number of nitrogens with zero attached hydrogens (tertiary/aromatic N) is 2. The van der Waals surface area contributed by atoms with E-state index in [4.69, 9.17) is 0 Å². The van der Waals surface area contributed by atoms with Crippen LogP contribution in [0.3, 0.4) is 0 Å². The lowest BCUT2D eigenvalue weighted by molar-refractivity contribution is -0.868. The summed E-state index contributed by atoms with van der Waals surface area (Å²) >= 11 is 0. The van der Waals surface area contributed by atoms with Gasteiger partial charge in [0.25, 0.3) is 0 Å². The first-order valence-electron chi connectivity index (χ1n) is 4.73. The Morgan fingerprint density at radius 1 is 0.583 bits per heavy atom. The van der Waals surface area contributed by atoms with Gasteiger partial charge in [-0.25, -0.2) is 0 Å². The van der Waals surface area contributed by atoms with E-state index in [2.05, 4.69) is 56.1 Å². The zero-order valence-electron chi connectivity index (χ0n) is 10.3. The zero-order valence-corrected chi connectivity index (χ0v) is 10.3. The fourth-order valence-corrected chi connectivity index (χ4v) is 0. The Morgan fingerprint density at radius 3 is 0.667 bits per heavy atom. The zero-order chi connectivity index (χ0) is 10.4. The summed E-state index contributed by atoms with van der Waals surface area (Å²) in [4.78, 5) is 0. The van der Waals surface area contributed by atoms with Gasteiger partial charge in [-0.3, -0.25) is 0 Å². The van der Waals surface area contributed by atoms with Crippen LogP contribution in [0.5, 0.6) is 0 Å². The molecule has 0 bridgehead atoms. The van der Waals surface area contributed by atoms with E-state index in [-0.39, 0.29) is 0 Å². The monoisotopic (exact) mass is 176 g/mol. The standard InChI is InChI=1S/2C5H14N/c2*1-5-6(2,3)4/h2*5H2,1-4H3/q2*+1. The molecule has 2 nitrogen and oxygen atoms in total. The Bertz CT molecular complexity index is 81.4. The quantitative estimate of drug-likeness (QED) is 0.558. The maximum absolute atomic E-state index is 2.18. The van der Waals surface area contributed by atoms with Gasteiger partial charge in [0.1, 0.15) is 0 Å². The number of hydrogen-bond acceptors (Lipinski definition) is 0. The second-order valence-corrected chi connectivity index (χ2v) is 5.21. The Labute approximate surface area is 79.0 Å². The van der Waals surface area contributed by atoms with Crippen LogP contribution in [-0.2, 0) is 0 Å². The van der Waals surface area contributed by atoms with Crippen LogP contribution in [-0.4, -0.2) is 64.3 Å². The van der Waals surface area contributed by atoms with E-state index >= 15 is 0 Å². The second-order valence-electron chi connectivity index (χ2n) is 5.21. The summed E-state index contributed by atoms with van der Waals surface area (Å²) in [6.45, 7) is 6.78. The molecule has 0 radical (unpaired) electrons. The Balaban J connectivity index is 0. The van der Waals surface area contributed by atoms with Crippen molar-refractivity contribution in [2.75, 3.05) is 55.4 Å². The molecule has 0 fully saturated rings. The van der Waals surface area contributed by atoms with E-state index in [1.807, 2.05) is 0 Å². The van der Waals surface area contributed by atoms with Crippen LogP contribution in [0, 0.1) is 0 Å². The molecule has 0 aromatic carbocycles. The van der Waals surface area contributed by atoms with Gasteiger partial charge in [-0.05, 0) is 13.8 Å². The number of hydrogen-bond donors (Lipinski definition) is 0. The summed E-state index contributed by atoms with van der Waals surface area (Å²) in [7, 11) is 13.1. The summed E-state index contributed by atoms with van der Waals surface area (Å²) in [6.07, 6.45) is 0. The van der Waals surface area contributed by atoms with Crippen LogP contribution in [0.2, 0.25) is 0 Å². The molecule has 0 amide bonds. The van der Waals surface area contributed by atoms with Gasteiger partial charge in [0.05, 0.1) is 55.4 Å². The maximum atomic E-state index is 2.18. The number of rotatable bonds is 2. The molecule has 0 aromatic heterocycles. The highest BCUT2D eigenvalue weighted by Crippen LogP contribution is 1.84. The highest BCUT2D eigenvalue weighted by Gasteiger charge is 1.98. The lowest BCUT2D eigenvalue weighted by Crippen LogP contribution is -2.33. The first-order chi connectivity index (χ1) is 5.12. The molecule has 0 aromatic rings. The summed E-state index contributed by atoms with van der Waals surface area (Å²) in [5.41, 5.74) is 0. The first-order valence-corrected chi connectivity index (χ1v) is 4.73. The van der Waals surface area contributed by atoms with Gasteiger partial charge in [-0.15, -0.1) is 0 Å². The van der Waals surface area contributed by atoms with Crippen molar-refractivity contribution < 1.29 is 8.97 Å². The maximum Gasteiger partial charge on any atom is 0.0751 e. The molecule has 76 valence electrons. The molecule has 0 saturated carbocycles. The third-order valence-corrected chi connectivity index (χ3v) is 1.90. The fraction of sp³-hybridized carbons (Fsp3) is 1.00. The molecule has 0 unspecified atom stereocenters. The second kappa shape index (κ2) is 5.55. The lowest BCUT2D eigenvalue weighted by Gasteiger charge is -2.20. The molecular weight excluding hydrogens is 148 g/mol. The molecular formula is C10H28N2+2. The normalized spacial score (nSPS) is 12.0. The van der Waals surface area contributed by atoms with E-state index in [1.54, 1.807) is 0 Å². The van der Waals surface area contributed by atoms with Gasteiger partial charge in [0.2, 0.25) is 0 Å². The van der Waals surface area contributed by atoms with Crippen molar-refractivity contribution in [3.05, 3.63) is 0 Å². The van der Waals surface area contributed by atoms with Crippen molar-refractivity contribution in [2.24, 2.45) is 0 Å². The molecule has 0 spiro atoms. The minimum absolute atomic E-state index is 1.07. The molecule has 0 aliphatic carbocycles.